The van der Waals surface area contributed by atoms with E-state index in [2.05, 4.69) is 6.92 Å². The van der Waals surface area contributed by atoms with Gasteiger partial charge in [0, 0.05) is 0 Å². The number of rotatable bonds is 4. The molecule has 0 aliphatic rings. The molecule has 2 nitrogen and oxygen atoms in total. The van der Waals surface area contributed by atoms with Crippen molar-refractivity contribution in [3.63, 3.8) is 0 Å². The van der Waals surface area contributed by atoms with Gasteiger partial charge in [0.05, 0.1) is 7.11 Å². The summed E-state index contributed by atoms with van der Waals surface area (Å²) in [5.74, 6) is 1.68. The van der Waals surface area contributed by atoms with Crippen LogP contribution < -0.4 is 9.47 Å². The predicted molar refractivity (Wildman–Crippen MR) is 68.2 cm³/mol. The summed E-state index contributed by atoms with van der Waals surface area (Å²) < 4.78 is 10.8. The van der Waals surface area contributed by atoms with E-state index in [0.29, 0.717) is 6.61 Å². The topological polar surface area (TPSA) is 18.5 Å². The highest BCUT2D eigenvalue weighted by atomic mass is 16.5. The van der Waals surface area contributed by atoms with Crippen molar-refractivity contribution >= 4 is 0 Å². The van der Waals surface area contributed by atoms with E-state index in [1.54, 1.807) is 7.11 Å². The zero-order chi connectivity index (χ0) is 12.1. The van der Waals surface area contributed by atoms with Gasteiger partial charge in [0.1, 0.15) is 18.1 Å². The zero-order valence-corrected chi connectivity index (χ0v) is 9.85. The van der Waals surface area contributed by atoms with Gasteiger partial charge >= 0.3 is 0 Å². The van der Waals surface area contributed by atoms with E-state index >= 15 is 0 Å². The van der Waals surface area contributed by atoms with Gasteiger partial charge in [-0.2, -0.15) is 0 Å². The molecule has 0 aliphatic carbocycles. The Bertz CT molecular complexity index is 475. The van der Waals surface area contributed by atoms with Gasteiger partial charge in [0.25, 0.3) is 0 Å². The number of para-hydroxylation sites is 1. The summed E-state index contributed by atoms with van der Waals surface area (Å²) in [7, 11) is 1.66. The largest absolute Gasteiger partial charge is 0.497 e. The van der Waals surface area contributed by atoms with E-state index in [9.17, 15) is 0 Å². The number of benzene rings is 2. The first-order chi connectivity index (χ1) is 8.29. The average Bonchev–Trinajstić information content (AvgIpc) is 2.38. The maximum Gasteiger partial charge on any atom is 0.123 e. The average molecular weight is 227 g/mol. The minimum Gasteiger partial charge on any atom is -0.497 e. The van der Waals surface area contributed by atoms with E-state index in [-0.39, 0.29) is 0 Å². The molecule has 17 heavy (non-hydrogen) atoms. The molecule has 2 aromatic carbocycles. The van der Waals surface area contributed by atoms with Gasteiger partial charge in [-0.1, -0.05) is 30.3 Å². The standard InChI is InChI=1S/C15H15O2/c1-12-5-3-4-6-15(12)17-11-13-7-9-14(16-2)10-8-13/h3-10H,1,11H2,2H3. The van der Waals surface area contributed by atoms with Gasteiger partial charge < -0.3 is 9.47 Å². The molecule has 2 heteroatoms. The lowest BCUT2D eigenvalue weighted by Gasteiger charge is -2.09. The molecule has 87 valence electrons. The first kappa shape index (κ1) is 11.5. The molecular formula is C15H15O2. The first-order valence-electron chi connectivity index (χ1n) is 5.46. The second kappa shape index (κ2) is 5.39. The molecule has 2 aromatic rings. The van der Waals surface area contributed by atoms with Gasteiger partial charge in [0.2, 0.25) is 0 Å². The normalized spacial score (nSPS) is 10.0. The number of methoxy groups -OCH3 is 1. The van der Waals surface area contributed by atoms with Crippen LogP contribution in [-0.4, -0.2) is 7.11 Å². The monoisotopic (exact) mass is 227 g/mol. The van der Waals surface area contributed by atoms with Crippen molar-refractivity contribution in [2.75, 3.05) is 7.11 Å². The van der Waals surface area contributed by atoms with Gasteiger partial charge in [-0.05, 0) is 36.2 Å². The lowest BCUT2D eigenvalue weighted by molar-refractivity contribution is 0.305. The van der Waals surface area contributed by atoms with Gasteiger partial charge in [-0.3, -0.25) is 0 Å². The molecular weight excluding hydrogens is 212 g/mol. The molecule has 0 aromatic heterocycles. The fourth-order valence-electron chi connectivity index (χ4n) is 1.53. The summed E-state index contributed by atoms with van der Waals surface area (Å²) in [6.07, 6.45) is 0. The SMILES string of the molecule is [CH2]c1ccccc1OCc1ccc(OC)cc1. The van der Waals surface area contributed by atoms with Crippen LogP contribution >= 0.6 is 0 Å². The van der Waals surface area contributed by atoms with E-state index in [4.69, 9.17) is 9.47 Å². The second-order valence-electron chi connectivity index (χ2n) is 3.74. The molecule has 0 spiro atoms. The number of hydrogen-bond acceptors (Lipinski definition) is 2. The maximum absolute atomic E-state index is 5.69. The second-order valence-corrected chi connectivity index (χ2v) is 3.74. The minimum atomic E-state index is 0.538. The number of ether oxygens (including phenoxy) is 2. The molecule has 0 aliphatic heterocycles. The third-order valence-electron chi connectivity index (χ3n) is 2.53. The Kier molecular flexibility index (Phi) is 3.66. The quantitative estimate of drug-likeness (QED) is 0.796. The van der Waals surface area contributed by atoms with Crippen LogP contribution in [0.5, 0.6) is 11.5 Å². The Balaban J connectivity index is 2.00. The maximum atomic E-state index is 5.69. The van der Waals surface area contributed by atoms with Crippen LogP contribution in [0.25, 0.3) is 0 Å². The van der Waals surface area contributed by atoms with Crippen LogP contribution in [0, 0.1) is 6.92 Å². The van der Waals surface area contributed by atoms with Crippen LogP contribution in [0.15, 0.2) is 48.5 Å². The van der Waals surface area contributed by atoms with E-state index in [1.807, 2.05) is 48.5 Å². The molecule has 0 saturated carbocycles. The molecule has 0 heterocycles. The van der Waals surface area contributed by atoms with Crippen molar-refractivity contribution in [3.05, 3.63) is 66.6 Å². The molecule has 0 atom stereocenters. The van der Waals surface area contributed by atoms with Crippen molar-refractivity contribution in [1.29, 1.82) is 0 Å². The van der Waals surface area contributed by atoms with Crippen molar-refractivity contribution < 1.29 is 9.47 Å². The third-order valence-corrected chi connectivity index (χ3v) is 2.53. The van der Waals surface area contributed by atoms with E-state index in [1.165, 1.54) is 0 Å². The Morgan fingerprint density at radius 3 is 2.35 bits per heavy atom. The molecule has 1 radical (unpaired) electrons. The van der Waals surface area contributed by atoms with Crippen LogP contribution in [0.3, 0.4) is 0 Å². The Hall–Kier alpha value is -1.96. The van der Waals surface area contributed by atoms with Gasteiger partial charge in [-0.15, -0.1) is 0 Å². The first-order valence-corrected chi connectivity index (χ1v) is 5.46. The summed E-state index contributed by atoms with van der Waals surface area (Å²) in [4.78, 5) is 0. The smallest absolute Gasteiger partial charge is 0.123 e. The van der Waals surface area contributed by atoms with Crippen molar-refractivity contribution in [2.45, 2.75) is 6.61 Å². The van der Waals surface area contributed by atoms with E-state index in [0.717, 1.165) is 22.6 Å². The molecule has 2 rings (SSSR count). The molecule has 0 fully saturated rings. The fourth-order valence-corrected chi connectivity index (χ4v) is 1.53. The Morgan fingerprint density at radius 1 is 1.00 bits per heavy atom. The lowest BCUT2D eigenvalue weighted by Crippen LogP contribution is -1.96. The van der Waals surface area contributed by atoms with Crippen LogP contribution in [0.4, 0.5) is 0 Å². The van der Waals surface area contributed by atoms with Crippen LogP contribution in [0.1, 0.15) is 11.1 Å². The van der Waals surface area contributed by atoms with Gasteiger partial charge in [-0.25, -0.2) is 0 Å². The van der Waals surface area contributed by atoms with Crippen molar-refractivity contribution in [2.24, 2.45) is 0 Å². The summed E-state index contributed by atoms with van der Waals surface area (Å²) in [6.45, 7) is 4.45. The van der Waals surface area contributed by atoms with Gasteiger partial charge in [0.15, 0.2) is 0 Å². The highest BCUT2D eigenvalue weighted by Gasteiger charge is 1.99. The Morgan fingerprint density at radius 2 is 1.71 bits per heavy atom. The predicted octanol–water partition coefficient (Wildman–Crippen LogP) is 3.46. The van der Waals surface area contributed by atoms with Crippen LogP contribution in [-0.2, 0) is 6.61 Å². The molecule has 0 amide bonds. The lowest BCUT2D eigenvalue weighted by atomic mass is 10.2. The fraction of sp³-hybridized carbons (Fsp3) is 0.133. The summed E-state index contributed by atoms with van der Waals surface area (Å²) in [5, 5.41) is 0. The Labute approximate surface area is 102 Å². The van der Waals surface area contributed by atoms with Crippen molar-refractivity contribution in [1.82, 2.24) is 0 Å². The molecule has 0 saturated heterocycles. The molecule has 0 N–H and O–H groups in total. The summed E-state index contributed by atoms with van der Waals surface area (Å²) in [6, 6.07) is 15.6. The molecule has 0 bridgehead atoms. The summed E-state index contributed by atoms with van der Waals surface area (Å²) in [5.41, 5.74) is 2.01. The zero-order valence-electron chi connectivity index (χ0n) is 9.85. The minimum absolute atomic E-state index is 0.538. The molecule has 0 unspecified atom stereocenters. The van der Waals surface area contributed by atoms with E-state index < -0.39 is 0 Å². The highest BCUT2D eigenvalue weighted by molar-refractivity contribution is 5.35. The van der Waals surface area contributed by atoms with Crippen molar-refractivity contribution in [3.8, 4) is 11.5 Å². The number of hydrogen-bond donors (Lipinski definition) is 0. The third kappa shape index (κ3) is 3.00. The summed E-state index contributed by atoms with van der Waals surface area (Å²) >= 11 is 0. The highest BCUT2D eigenvalue weighted by Crippen LogP contribution is 2.18. The van der Waals surface area contributed by atoms with Crippen LogP contribution in [0.2, 0.25) is 0 Å².